The van der Waals surface area contributed by atoms with Gasteiger partial charge in [0.05, 0.1) is 12.2 Å². The predicted octanol–water partition coefficient (Wildman–Crippen LogP) is 0.895. The maximum Gasteiger partial charge on any atom is 0.340 e. The monoisotopic (exact) mass is 268 g/mol. The quantitative estimate of drug-likeness (QED) is 0.651. The van der Waals surface area contributed by atoms with Gasteiger partial charge in [-0.15, -0.1) is 0 Å². The number of anilines is 1. The second kappa shape index (κ2) is 5.99. The Hall–Kier alpha value is -1.66. The van der Waals surface area contributed by atoms with Gasteiger partial charge in [0.15, 0.2) is 0 Å². The summed E-state index contributed by atoms with van der Waals surface area (Å²) < 4.78 is 23.6. The number of carbonyl (C=O) groups excluding carboxylic acids is 1. The van der Waals surface area contributed by atoms with Gasteiger partial charge in [0.25, 0.3) is 0 Å². The topological polar surface area (TPSA) is 64.8 Å². The Bertz CT molecular complexity index is 467. The number of benzene rings is 1. The molecule has 2 N–H and O–H groups in total. The lowest BCUT2D eigenvalue weighted by Crippen LogP contribution is -2.42. The number of halogens is 1. The fraction of sp³-hybridized carbons (Fsp3) is 0.462. The first kappa shape index (κ1) is 13.8. The fourth-order valence-electron chi connectivity index (χ4n) is 1.92. The number of carbonyl (C=O) groups is 1. The molecular formula is C13H17FN2O3. The van der Waals surface area contributed by atoms with E-state index >= 15 is 0 Å². The molecule has 1 atom stereocenters. The van der Waals surface area contributed by atoms with Crippen LogP contribution in [0.4, 0.5) is 10.1 Å². The molecule has 5 nitrogen and oxygen atoms in total. The van der Waals surface area contributed by atoms with Crippen LogP contribution in [-0.2, 0) is 9.47 Å². The van der Waals surface area contributed by atoms with Crippen LogP contribution in [0.2, 0.25) is 0 Å². The van der Waals surface area contributed by atoms with E-state index in [-0.39, 0.29) is 24.0 Å². The maximum atomic E-state index is 13.1. The van der Waals surface area contributed by atoms with Crippen molar-refractivity contribution in [3.63, 3.8) is 0 Å². The van der Waals surface area contributed by atoms with Crippen LogP contribution in [0.1, 0.15) is 10.4 Å². The van der Waals surface area contributed by atoms with Crippen molar-refractivity contribution in [2.24, 2.45) is 0 Å². The van der Waals surface area contributed by atoms with Crippen LogP contribution in [0, 0.1) is 5.82 Å². The molecule has 0 aromatic heterocycles. The zero-order valence-electron chi connectivity index (χ0n) is 10.8. The minimum atomic E-state index is -0.631. The lowest BCUT2D eigenvalue weighted by atomic mass is 10.2. The second-order valence-corrected chi connectivity index (χ2v) is 4.59. The molecule has 1 aliphatic rings. The number of esters is 1. The van der Waals surface area contributed by atoms with Crippen LogP contribution in [-0.4, -0.2) is 50.3 Å². The smallest absolute Gasteiger partial charge is 0.340 e. The van der Waals surface area contributed by atoms with E-state index in [2.05, 4.69) is 4.90 Å². The SMILES string of the molecule is CN1CCOC(COC(=O)c2cc(F)ccc2N)C1. The zero-order valence-corrected chi connectivity index (χ0v) is 10.8. The third-order valence-electron chi connectivity index (χ3n) is 2.98. The second-order valence-electron chi connectivity index (χ2n) is 4.59. The van der Waals surface area contributed by atoms with E-state index < -0.39 is 11.8 Å². The molecule has 0 bridgehead atoms. The Kier molecular flexibility index (Phi) is 4.34. The van der Waals surface area contributed by atoms with Crippen LogP contribution < -0.4 is 5.73 Å². The zero-order chi connectivity index (χ0) is 13.8. The van der Waals surface area contributed by atoms with Crippen molar-refractivity contribution in [1.82, 2.24) is 4.90 Å². The molecule has 6 heteroatoms. The lowest BCUT2D eigenvalue weighted by Gasteiger charge is -2.29. The molecule has 1 aromatic rings. The third kappa shape index (κ3) is 3.65. The largest absolute Gasteiger partial charge is 0.459 e. The summed E-state index contributed by atoms with van der Waals surface area (Å²) in [6, 6.07) is 3.62. The third-order valence-corrected chi connectivity index (χ3v) is 2.98. The highest BCUT2D eigenvalue weighted by molar-refractivity contribution is 5.95. The summed E-state index contributed by atoms with van der Waals surface area (Å²) in [6.07, 6.45) is -0.155. The van der Waals surface area contributed by atoms with Gasteiger partial charge in [-0.05, 0) is 25.2 Å². The molecule has 0 radical (unpaired) electrons. The highest BCUT2D eigenvalue weighted by Gasteiger charge is 2.20. The van der Waals surface area contributed by atoms with Crippen LogP contribution in [0.15, 0.2) is 18.2 Å². The Morgan fingerprint density at radius 2 is 2.42 bits per heavy atom. The Morgan fingerprint density at radius 3 is 3.16 bits per heavy atom. The average Bonchev–Trinajstić information content (AvgIpc) is 2.39. The minimum Gasteiger partial charge on any atom is -0.459 e. The van der Waals surface area contributed by atoms with Crippen molar-refractivity contribution in [3.8, 4) is 0 Å². The van der Waals surface area contributed by atoms with Gasteiger partial charge in [-0.1, -0.05) is 0 Å². The highest BCUT2D eigenvalue weighted by Crippen LogP contribution is 2.15. The van der Waals surface area contributed by atoms with Gasteiger partial charge in [0, 0.05) is 18.8 Å². The molecule has 0 aliphatic carbocycles. The number of nitrogens with zero attached hydrogens (tertiary/aromatic N) is 1. The summed E-state index contributed by atoms with van der Waals surface area (Å²) in [5.41, 5.74) is 5.86. The van der Waals surface area contributed by atoms with Gasteiger partial charge in [-0.3, -0.25) is 0 Å². The number of likely N-dealkylation sites (N-methyl/N-ethyl adjacent to an activating group) is 1. The van der Waals surface area contributed by atoms with E-state index in [9.17, 15) is 9.18 Å². The van der Waals surface area contributed by atoms with Gasteiger partial charge < -0.3 is 20.1 Å². The average molecular weight is 268 g/mol. The van der Waals surface area contributed by atoms with Gasteiger partial charge in [0.1, 0.15) is 18.5 Å². The standard InChI is InChI=1S/C13H17FN2O3/c1-16-4-5-18-10(7-16)8-19-13(17)11-6-9(14)2-3-12(11)15/h2-3,6,10H,4-5,7-8,15H2,1H3. The fourth-order valence-corrected chi connectivity index (χ4v) is 1.92. The van der Waals surface area contributed by atoms with Gasteiger partial charge in [-0.25, -0.2) is 9.18 Å². The van der Waals surface area contributed by atoms with Crippen LogP contribution in [0.5, 0.6) is 0 Å². The molecule has 0 saturated carbocycles. The molecule has 0 spiro atoms. The number of hydrogen-bond acceptors (Lipinski definition) is 5. The van der Waals surface area contributed by atoms with Crippen molar-refractivity contribution < 1.29 is 18.7 Å². The molecule has 0 amide bonds. The maximum absolute atomic E-state index is 13.1. The van der Waals surface area contributed by atoms with Crippen LogP contribution in [0.3, 0.4) is 0 Å². The molecule has 1 saturated heterocycles. The first-order valence-electron chi connectivity index (χ1n) is 6.08. The molecule has 104 valence electrons. The Morgan fingerprint density at radius 1 is 1.63 bits per heavy atom. The number of ether oxygens (including phenoxy) is 2. The van der Waals surface area contributed by atoms with Gasteiger partial charge >= 0.3 is 5.97 Å². The van der Waals surface area contributed by atoms with E-state index in [1.807, 2.05) is 7.05 Å². The number of hydrogen-bond donors (Lipinski definition) is 1. The van der Waals surface area contributed by atoms with Crippen LogP contribution in [0.25, 0.3) is 0 Å². The Labute approximate surface area is 111 Å². The van der Waals surface area contributed by atoms with Gasteiger partial charge in [-0.2, -0.15) is 0 Å². The number of rotatable bonds is 3. The van der Waals surface area contributed by atoms with Crippen molar-refractivity contribution >= 4 is 11.7 Å². The molecule has 1 aliphatic heterocycles. The minimum absolute atomic E-state index is 0.0455. The summed E-state index contributed by atoms with van der Waals surface area (Å²) in [5, 5.41) is 0. The molecule has 1 heterocycles. The molecule has 1 aromatic carbocycles. The van der Waals surface area contributed by atoms with E-state index in [1.165, 1.54) is 12.1 Å². The van der Waals surface area contributed by atoms with E-state index in [0.717, 1.165) is 12.6 Å². The van der Waals surface area contributed by atoms with Crippen molar-refractivity contribution in [3.05, 3.63) is 29.6 Å². The molecule has 1 fully saturated rings. The first-order valence-corrected chi connectivity index (χ1v) is 6.08. The summed E-state index contributed by atoms with van der Waals surface area (Å²) in [6.45, 7) is 2.31. The van der Waals surface area contributed by atoms with Crippen LogP contribution >= 0.6 is 0 Å². The predicted molar refractivity (Wildman–Crippen MR) is 68.3 cm³/mol. The summed E-state index contributed by atoms with van der Waals surface area (Å²) in [4.78, 5) is 13.9. The van der Waals surface area contributed by atoms with Crippen molar-refractivity contribution in [2.45, 2.75) is 6.10 Å². The summed E-state index contributed by atoms with van der Waals surface area (Å²) in [5.74, 6) is -1.15. The number of nitrogens with two attached hydrogens (primary N) is 1. The summed E-state index contributed by atoms with van der Waals surface area (Å²) >= 11 is 0. The van der Waals surface area contributed by atoms with E-state index in [0.29, 0.717) is 13.2 Å². The first-order chi connectivity index (χ1) is 9.06. The molecule has 2 rings (SSSR count). The lowest BCUT2D eigenvalue weighted by molar-refractivity contribution is -0.0528. The van der Waals surface area contributed by atoms with E-state index in [4.69, 9.17) is 15.2 Å². The molecular weight excluding hydrogens is 251 g/mol. The number of nitrogen functional groups attached to an aromatic ring is 1. The molecule has 19 heavy (non-hydrogen) atoms. The number of morpholine rings is 1. The normalized spacial score (nSPS) is 20.2. The van der Waals surface area contributed by atoms with Gasteiger partial charge in [0.2, 0.25) is 0 Å². The molecule has 1 unspecified atom stereocenters. The van der Waals surface area contributed by atoms with E-state index in [1.54, 1.807) is 0 Å². The van der Waals surface area contributed by atoms with Crippen molar-refractivity contribution in [1.29, 1.82) is 0 Å². The van der Waals surface area contributed by atoms with Crippen molar-refractivity contribution in [2.75, 3.05) is 39.1 Å². The Balaban J connectivity index is 1.92. The summed E-state index contributed by atoms with van der Waals surface area (Å²) in [7, 11) is 1.97. The highest BCUT2D eigenvalue weighted by atomic mass is 19.1.